The number of anilines is 1. The maximum atomic E-state index is 13.2. The van der Waals surface area contributed by atoms with Crippen molar-refractivity contribution in [3.63, 3.8) is 0 Å². The van der Waals surface area contributed by atoms with Crippen molar-refractivity contribution in [2.24, 2.45) is 0 Å². The fraction of sp³-hybridized carbons (Fsp3) is 0.143. The zero-order valence-corrected chi connectivity index (χ0v) is 20.8. The second-order valence-electron chi connectivity index (χ2n) is 7.92. The van der Waals surface area contributed by atoms with Crippen LogP contribution >= 0.6 is 0 Å². The van der Waals surface area contributed by atoms with E-state index < -0.39 is 23.8 Å². The number of urea groups is 1. The van der Waals surface area contributed by atoms with E-state index in [2.05, 4.69) is 5.32 Å². The van der Waals surface area contributed by atoms with Crippen LogP contribution in [0.25, 0.3) is 6.08 Å². The molecule has 0 bridgehead atoms. The molecule has 3 aromatic carbocycles. The van der Waals surface area contributed by atoms with Gasteiger partial charge in [-0.2, -0.15) is 0 Å². The van der Waals surface area contributed by atoms with E-state index in [0.717, 1.165) is 4.90 Å². The number of rotatable bonds is 8. The summed E-state index contributed by atoms with van der Waals surface area (Å²) in [7, 11) is 2.98. The average Bonchev–Trinajstić information content (AvgIpc) is 2.92. The molecule has 0 atom stereocenters. The normalized spacial score (nSPS) is 14.2. The number of imide groups is 2. The molecule has 1 N–H and O–H groups in total. The molecule has 0 radical (unpaired) electrons. The summed E-state index contributed by atoms with van der Waals surface area (Å²) in [5.41, 5.74) is 0.696. The number of hydrogen-bond donors (Lipinski definition) is 1. The van der Waals surface area contributed by atoms with Gasteiger partial charge in [-0.25, -0.2) is 14.5 Å². The van der Waals surface area contributed by atoms with Gasteiger partial charge in [-0.05, 0) is 67.1 Å². The monoisotopic (exact) mass is 516 g/mol. The summed E-state index contributed by atoms with van der Waals surface area (Å²) in [4.78, 5) is 51.7. The molecule has 194 valence electrons. The summed E-state index contributed by atoms with van der Waals surface area (Å²) in [5.74, 6) is -0.829. The second kappa shape index (κ2) is 11.3. The number of nitrogens with one attached hydrogen (secondary N) is 1. The number of carbonyl (C=O) groups excluding carboxylic acids is 4. The molecule has 0 spiro atoms. The summed E-state index contributed by atoms with van der Waals surface area (Å²) in [6.45, 7) is 2.03. The average molecular weight is 517 g/mol. The number of ether oxygens (including phenoxy) is 4. The highest BCUT2D eigenvalue weighted by Gasteiger charge is 2.37. The quantitative estimate of drug-likeness (QED) is 0.207. The predicted octanol–water partition coefficient (Wildman–Crippen LogP) is 3.99. The first-order valence-electron chi connectivity index (χ1n) is 11.5. The summed E-state index contributed by atoms with van der Waals surface area (Å²) in [6.07, 6.45) is 1.33. The highest BCUT2D eigenvalue weighted by molar-refractivity contribution is 6.39. The van der Waals surface area contributed by atoms with Gasteiger partial charge >= 0.3 is 12.0 Å². The molecular weight excluding hydrogens is 492 g/mol. The van der Waals surface area contributed by atoms with Gasteiger partial charge in [0.15, 0.2) is 11.5 Å². The van der Waals surface area contributed by atoms with Crippen molar-refractivity contribution in [3.8, 4) is 23.0 Å². The van der Waals surface area contributed by atoms with E-state index in [4.69, 9.17) is 18.9 Å². The lowest BCUT2D eigenvalue weighted by atomic mass is 10.1. The van der Waals surface area contributed by atoms with Crippen LogP contribution in [0.5, 0.6) is 23.0 Å². The zero-order valence-electron chi connectivity index (χ0n) is 20.8. The number of esters is 1. The standard InChI is InChI=1S/C28H24N2O8/c1-4-37-24-15-17(8-13-23(24)38-27(33)18-9-11-20(35-2)12-10-18)14-22-25(31)29-28(34)30(26(22)32)19-6-5-7-21(16-19)36-3/h5-16H,4H2,1-3H3,(H,29,31,34)/b22-14+. The third kappa shape index (κ3) is 5.49. The first kappa shape index (κ1) is 26.0. The molecule has 1 aliphatic rings. The Hall–Kier alpha value is -5.12. The van der Waals surface area contributed by atoms with Crippen molar-refractivity contribution in [3.05, 3.63) is 83.4 Å². The van der Waals surface area contributed by atoms with Crippen LogP contribution in [0.1, 0.15) is 22.8 Å². The third-order valence-corrected chi connectivity index (χ3v) is 5.52. The van der Waals surface area contributed by atoms with Crippen molar-refractivity contribution in [1.29, 1.82) is 0 Å². The zero-order chi connectivity index (χ0) is 27.2. The molecule has 0 aromatic heterocycles. The SMILES string of the molecule is CCOc1cc(/C=C2\C(=O)NC(=O)N(c3cccc(OC)c3)C2=O)ccc1OC(=O)c1ccc(OC)cc1. The minimum absolute atomic E-state index is 0.155. The predicted molar refractivity (Wildman–Crippen MR) is 138 cm³/mol. The molecule has 10 heteroatoms. The minimum atomic E-state index is -0.874. The molecule has 38 heavy (non-hydrogen) atoms. The van der Waals surface area contributed by atoms with E-state index in [-0.39, 0.29) is 29.4 Å². The molecule has 10 nitrogen and oxygen atoms in total. The summed E-state index contributed by atoms with van der Waals surface area (Å²) in [5, 5.41) is 2.18. The van der Waals surface area contributed by atoms with Crippen molar-refractivity contribution >= 4 is 35.6 Å². The Morgan fingerprint density at radius 1 is 0.895 bits per heavy atom. The Labute approximate surface area is 218 Å². The molecule has 1 heterocycles. The van der Waals surface area contributed by atoms with Gasteiger partial charge in [0.05, 0.1) is 32.1 Å². The van der Waals surface area contributed by atoms with E-state index in [9.17, 15) is 19.2 Å². The van der Waals surface area contributed by atoms with Crippen LogP contribution in [0.15, 0.2) is 72.3 Å². The van der Waals surface area contributed by atoms with Gasteiger partial charge in [0.2, 0.25) is 0 Å². The second-order valence-corrected chi connectivity index (χ2v) is 7.92. The van der Waals surface area contributed by atoms with Crippen LogP contribution in [0.4, 0.5) is 10.5 Å². The third-order valence-electron chi connectivity index (χ3n) is 5.52. The highest BCUT2D eigenvalue weighted by atomic mass is 16.6. The number of benzene rings is 3. The smallest absolute Gasteiger partial charge is 0.343 e. The van der Waals surface area contributed by atoms with Gasteiger partial charge in [-0.3, -0.25) is 14.9 Å². The van der Waals surface area contributed by atoms with E-state index in [1.807, 2.05) is 0 Å². The number of methoxy groups -OCH3 is 2. The maximum Gasteiger partial charge on any atom is 0.343 e. The number of hydrogen-bond acceptors (Lipinski definition) is 8. The number of barbiturate groups is 1. The lowest BCUT2D eigenvalue weighted by Gasteiger charge is -2.26. The highest BCUT2D eigenvalue weighted by Crippen LogP contribution is 2.31. The molecule has 1 aliphatic heterocycles. The van der Waals surface area contributed by atoms with E-state index in [0.29, 0.717) is 22.6 Å². The van der Waals surface area contributed by atoms with Crippen LogP contribution in [0.2, 0.25) is 0 Å². The molecule has 3 aromatic rings. The molecule has 0 saturated carbocycles. The van der Waals surface area contributed by atoms with Gasteiger partial charge in [0.1, 0.15) is 17.1 Å². The largest absolute Gasteiger partial charge is 0.497 e. The van der Waals surface area contributed by atoms with Crippen LogP contribution in [0.3, 0.4) is 0 Å². The summed E-state index contributed by atoms with van der Waals surface area (Å²) < 4.78 is 21.4. The molecule has 4 rings (SSSR count). The number of amides is 4. The molecule has 0 unspecified atom stereocenters. The summed E-state index contributed by atoms with van der Waals surface area (Å²) >= 11 is 0. The number of carbonyl (C=O) groups is 4. The van der Waals surface area contributed by atoms with Crippen LogP contribution in [-0.4, -0.2) is 44.6 Å². The van der Waals surface area contributed by atoms with Crippen molar-refractivity contribution in [2.75, 3.05) is 25.7 Å². The van der Waals surface area contributed by atoms with Gasteiger partial charge in [0.25, 0.3) is 11.8 Å². The van der Waals surface area contributed by atoms with Crippen LogP contribution < -0.4 is 29.2 Å². The maximum absolute atomic E-state index is 13.2. The van der Waals surface area contributed by atoms with Crippen LogP contribution in [0, 0.1) is 0 Å². The Balaban J connectivity index is 1.62. The Morgan fingerprint density at radius 3 is 2.32 bits per heavy atom. The van der Waals surface area contributed by atoms with Crippen molar-refractivity contribution in [1.82, 2.24) is 5.32 Å². The van der Waals surface area contributed by atoms with Crippen molar-refractivity contribution < 1.29 is 38.1 Å². The molecular formula is C28H24N2O8. The molecule has 1 fully saturated rings. The van der Waals surface area contributed by atoms with E-state index >= 15 is 0 Å². The lowest BCUT2D eigenvalue weighted by molar-refractivity contribution is -0.122. The Kier molecular flexibility index (Phi) is 7.72. The first-order chi connectivity index (χ1) is 18.3. The Morgan fingerprint density at radius 2 is 1.63 bits per heavy atom. The first-order valence-corrected chi connectivity index (χ1v) is 11.5. The Bertz CT molecular complexity index is 1430. The van der Waals surface area contributed by atoms with Gasteiger partial charge in [-0.1, -0.05) is 12.1 Å². The molecule has 1 saturated heterocycles. The fourth-order valence-corrected chi connectivity index (χ4v) is 3.66. The van der Waals surface area contributed by atoms with E-state index in [1.54, 1.807) is 55.5 Å². The van der Waals surface area contributed by atoms with Gasteiger partial charge in [-0.15, -0.1) is 0 Å². The minimum Gasteiger partial charge on any atom is -0.497 e. The molecule has 0 aliphatic carbocycles. The summed E-state index contributed by atoms with van der Waals surface area (Å²) in [6, 6.07) is 16.5. The van der Waals surface area contributed by atoms with Gasteiger partial charge < -0.3 is 18.9 Å². The molecule has 4 amide bonds. The van der Waals surface area contributed by atoms with Gasteiger partial charge in [0, 0.05) is 6.07 Å². The fourth-order valence-electron chi connectivity index (χ4n) is 3.66. The number of nitrogens with zero attached hydrogens (tertiary/aromatic N) is 1. The van der Waals surface area contributed by atoms with Crippen LogP contribution in [-0.2, 0) is 9.59 Å². The topological polar surface area (TPSA) is 120 Å². The van der Waals surface area contributed by atoms with Crippen molar-refractivity contribution in [2.45, 2.75) is 6.92 Å². The van der Waals surface area contributed by atoms with E-state index in [1.165, 1.54) is 38.5 Å². The lowest BCUT2D eigenvalue weighted by Crippen LogP contribution is -2.54.